The third kappa shape index (κ3) is 3.72. The van der Waals surface area contributed by atoms with Gasteiger partial charge >= 0.3 is 0 Å². The number of nitrogens with zero attached hydrogens (tertiary/aromatic N) is 2. The average molecular weight is 361 g/mol. The molecule has 0 heterocycles. The second-order valence-electron chi connectivity index (χ2n) is 4.28. The normalized spacial score (nSPS) is 13.0. The van der Waals surface area contributed by atoms with E-state index in [1.54, 1.807) is 19.9 Å². The molecule has 0 saturated heterocycles. The Balaban J connectivity index is 3.14. The Kier molecular flexibility index (Phi) is 5.99. The second kappa shape index (κ2) is 7.07. The number of halogens is 1. The van der Waals surface area contributed by atoms with Gasteiger partial charge in [0.15, 0.2) is 0 Å². The van der Waals surface area contributed by atoms with Gasteiger partial charge in [-0.1, -0.05) is 6.92 Å². The summed E-state index contributed by atoms with van der Waals surface area (Å²) in [6.45, 7) is 3.94. The van der Waals surface area contributed by atoms with Gasteiger partial charge in [0.05, 0.1) is 28.5 Å². The van der Waals surface area contributed by atoms with Crippen molar-refractivity contribution in [3.05, 3.63) is 22.7 Å². The van der Waals surface area contributed by atoms with Crippen LogP contribution in [0, 0.1) is 17.2 Å². The maximum Gasteiger partial charge on any atom is 0.243 e. The first kappa shape index (κ1) is 17.0. The number of benzene rings is 1. The van der Waals surface area contributed by atoms with Crippen LogP contribution in [0.25, 0.3) is 0 Å². The van der Waals surface area contributed by atoms with E-state index in [2.05, 4.69) is 15.9 Å². The highest BCUT2D eigenvalue weighted by atomic mass is 79.9. The molecule has 1 atom stereocenters. The summed E-state index contributed by atoms with van der Waals surface area (Å²) in [6.07, 6.45) is 0. The van der Waals surface area contributed by atoms with Crippen molar-refractivity contribution in [1.82, 2.24) is 4.31 Å². The highest BCUT2D eigenvalue weighted by molar-refractivity contribution is 9.10. The number of hydrogen-bond donors (Lipinski definition) is 0. The molecule has 0 aromatic heterocycles. The Bertz CT molecular complexity index is 611. The monoisotopic (exact) mass is 360 g/mol. The van der Waals surface area contributed by atoms with Crippen molar-refractivity contribution in [3.63, 3.8) is 0 Å². The average Bonchev–Trinajstić information content (AvgIpc) is 2.43. The molecule has 1 aromatic carbocycles. The molecule has 7 heteroatoms. The lowest BCUT2D eigenvalue weighted by Crippen LogP contribution is -2.34. The fourth-order valence-corrected chi connectivity index (χ4v) is 3.96. The van der Waals surface area contributed by atoms with E-state index in [0.717, 1.165) is 0 Å². The van der Waals surface area contributed by atoms with Crippen molar-refractivity contribution in [2.75, 3.05) is 20.2 Å². The van der Waals surface area contributed by atoms with Gasteiger partial charge < -0.3 is 4.74 Å². The SMILES string of the molecule is CCN(CC(C)C#N)S(=O)(=O)c1ccc(OC)c(Br)c1. The van der Waals surface area contributed by atoms with Gasteiger partial charge in [0.1, 0.15) is 5.75 Å². The van der Waals surface area contributed by atoms with E-state index in [4.69, 9.17) is 10.00 Å². The van der Waals surface area contributed by atoms with Gasteiger partial charge in [0.25, 0.3) is 0 Å². The molecule has 0 bridgehead atoms. The van der Waals surface area contributed by atoms with E-state index in [1.807, 2.05) is 6.07 Å². The van der Waals surface area contributed by atoms with Crippen LogP contribution in [0.3, 0.4) is 0 Å². The van der Waals surface area contributed by atoms with E-state index >= 15 is 0 Å². The minimum Gasteiger partial charge on any atom is -0.496 e. The molecule has 0 N–H and O–H groups in total. The van der Waals surface area contributed by atoms with Gasteiger partial charge in [-0.25, -0.2) is 8.42 Å². The van der Waals surface area contributed by atoms with E-state index < -0.39 is 10.0 Å². The van der Waals surface area contributed by atoms with Crippen molar-refractivity contribution >= 4 is 26.0 Å². The lowest BCUT2D eigenvalue weighted by molar-refractivity contribution is 0.399. The zero-order valence-electron chi connectivity index (χ0n) is 11.6. The van der Waals surface area contributed by atoms with E-state index in [1.165, 1.54) is 23.5 Å². The first-order valence-electron chi connectivity index (χ1n) is 6.10. The zero-order chi connectivity index (χ0) is 15.3. The molecular formula is C13H17BrN2O3S. The van der Waals surface area contributed by atoms with Crippen LogP contribution in [0.1, 0.15) is 13.8 Å². The molecule has 5 nitrogen and oxygen atoms in total. The summed E-state index contributed by atoms with van der Waals surface area (Å²) in [5.41, 5.74) is 0. The summed E-state index contributed by atoms with van der Waals surface area (Å²) in [7, 11) is -2.09. The van der Waals surface area contributed by atoms with Crippen LogP contribution in [-0.2, 0) is 10.0 Å². The second-order valence-corrected chi connectivity index (χ2v) is 7.07. The van der Waals surface area contributed by atoms with E-state index in [0.29, 0.717) is 16.8 Å². The first-order valence-corrected chi connectivity index (χ1v) is 8.33. The summed E-state index contributed by atoms with van der Waals surface area (Å²) >= 11 is 3.28. The number of rotatable bonds is 6. The Hall–Kier alpha value is -1.10. The maximum atomic E-state index is 12.5. The van der Waals surface area contributed by atoms with Gasteiger partial charge in [0.2, 0.25) is 10.0 Å². The molecule has 0 aliphatic heterocycles. The lowest BCUT2D eigenvalue weighted by atomic mass is 10.2. The Morgan fingerprint density at radius 2 is 2.15 bits per heavy atom. The molecule has 20 heavy (non-hydrogen) atoms. The summed E-state index contributed by atoms with van der Waals surface area (Å²) in [5.74, 6) is 0.212. The van der Waals surface area contributed by atoms with Gasteiger partial charge in [-0.2, -0.15) is 9.57 Å². The molecule has 1 unspecified atom stereocenters. The Labute approximate surface area is 128 Å². The molecule has 0 aliphatic carbocycles. The van der Waals surface area contributed by atoms with Crippen molar-refractivity contribution in [3.8, 4) is 11.8 Å². The van der Waals surface area contributed by atoms with E-state index in [-0.39, 0.29) is 17.4 Å². The highest BCUT2D eigenvalue weighted by Crippen LogP contribution is 2.28. The van der Waals surface area contributed by atoms with Crippen LogP contribution in [0.5, 0.6) is 5.75 Å². The van der Waals surface area contributed by atoms with Gasteiger partial charge in [-0.3, -0.25) is 0 Å². The van der Waals surface area contributed by atoms with Crippen LogP contribution < -0.4 is 4.74 Å². The minimum absolute atomic E-state index is 0.178. The smallest absolute Gasteiger partial charge is 0.243 e. The fraction of sp³-hybridized carbons (Fsp3) is 0.462. The number of methoxy groups -OCH3 is 1. The molecule has 0 saturated carbocycles. The molecule has 0 amide bonds. The fourth-order valence-electron chi connectivity index (χ4n) is 1.70. The standard InChI is InChI=1S/C13H17BrN2O3S/c1-4-16(9-10(2)8-15)20(17,18)11-5-6-13(19-3)12(14)7-11/h5-7,10H,4,9H2,1-3H3. The molecule has 0 fully saturated rings. The lowest BCUT2D eigenvalue weighted by Gasteiger charge is -2.21. The van der Waals surface area contributed by atoms with Crippen molar-refractivity contribution in [2.24, 2.45) is 5.92 Å². The topological polar surface area (TPSA) is 70.4 Å². The van der Waals surface area contributed by atoms with Gasteiger partial charge in [0, 0.05) is 13.1 Å². The van der Waals surface area contributed by atoms with Crippen LogP contribution in [0.4, 0.5) is 0 Å². The number of sulfonamides is 1. The predicted octanol–water partition coefficient (Wildman–Crippen LogP) is 2.63. The van der Waals surface area contributed by atoms with Crippen molar-refractivity contribution < 1.29 is 13.2 Å². The first-order chi connectivity index (χ1) is 9.36. The third-order valence-electron chi connectivity index (χ3n) is 2.81. The number of hydrogen-bond acceptors (Lipinski definition) is 4. The molecular weight excluding hydrogens is 344 g/mol. The zero-order valence-corrected chi connectivity index (χ0v) is 14.0. The highest BCUT2D eigenvalue weighted by Gasteiger charge is 2.25. The molecule has 0 spiro atoms. The quantitative estimate of drug-likeness (QED) is 0.781. The minimum atomic E-state index is -3.61. The number of nitriles is 1. The maximum absolute atomic E-state index is 12.5. The Morgan fingerprint density at radius 1 is 1.50 bits per heavy atom. The van der Waals surface area contributed by atoms with Crippen molar-refractivity contribution in [2.45, 2.75) is 18.7 Å². The molecule has 110 valence electrons. The summed E-state index contributed by atoms with van der Waals surface area (Å²) < 4.78 is 32.0. The molecule has 1 aromatic rings. The van der Waals surface area contributed by atoms with Crippen LogP contribution in [-0.4, -0.2) is 32.9 Å². The number of ether oxygens (including phenoxy) is 1. The largest absolute Gasteiger partial charge is 0.496 e. The van der Waals surface area contributed by atoms with Gasteiger partial charge in [-0.15, -0.1) is 0 Å². The molecule has 1 rings (SSSR count). The van der Waals surface area contributed by atoms with Gasteiger partial charge in [-0.05, 0) is 41.1 Å². The Morgan fingerprint density at radius 3 is 2.60 bits per heavy atom. The third-order valence-corrected chi connectivity index (χ3v) is 5.37. The van der Waals surface area contributed by atoms with E-state index in [9.17, 15) is 8.42 Å². The summed E-state index contributed by atoms with van der Waals surface area (Å²) in [5, 5.41) is 8.83. The van der Waals surface area contributed by atoms with Crippen LogP contribution >= 0.6 is 15.9 Å². The molecule has 0 radical (unpaired) electrons. The summed E-state index contributed by atoms with van der Waals surface area (Å²) in [4.78, 5) is 0.178. The predicted molar refractivity (Wildman–Crippen MR) is 79.9 cm³/mol. The summed E-state index contributed by atoms with van der Waals surface area (Å²) in [6, 6.07) is 6.65. The molecule has 0 aliphatic rings. The van der Waals surface area contributed by atoms with Crippen LogP contribution in [0.2, 0.25) is 0 Å². The van der Waals surface area contributed by atoms with Crippen LogP contribution in [0.15, 0.2) is 27.6 Å². The van der Waals surface area contributed by atoms with Crippen molar-refractivity contribution in [1.29, 1.82) is 5.26 Å².